The van der Waals surface area contributed by atoms with Gasteiger partial charge in [-0.1, -0.05) is 64.3 Å². The van der Waals surface area contributed by atoms with E-state index in [0.29, 0.717) is 6.04 Å². The van der Waals surface area contributed by atoms with Crippen molar-refractivity contribution in [3.05, 3.63) is 36.0 Å². The first kappa shape index (κ1) is 39.4. The van der Waals surface area contributed by atoms with E-state index in [4.69, 9.17) is 18.9 Å². The summed E-state index contributed by atoms with van der Waals surface area (Å²) in [4.78, 5) is 24.7. The number of cyclic esters (lactones) is 1. The van der Waals surface area contributed by atoms with Crippen LogP contribution in [0.1, 0.15) is 106 Å². The molecule has 0 aromatic heterocycles. The van der Waals surface area contributed by atoms with Crippen molar-refractivity contribution in [2.24, 2.45) is 11.8 Å². The molecule has 11 atom stereocenters. The summed E-state index contributed by atoms with van der Waals surface area (Å²) in [6.45, 7) is 12.6. The van der Waals surface area contributed by atoms with Crippen LogP contribution in [-0.4, -0.2) is 94.3 Å². The van der Waals surface area contributed by atoms with Crippen molar-refractivity contribution < 1.29 is 43.9 Å². The van der Waals surface area contributed by atoms with Gasteiger partial charge < -0.3 is 39.6 Å². The molecule has 10 nitrogen and oxygen atoms in total. The second kappa shape index (κ2) is 17.5. The number of rotatable bonds is 12. The summed E-state index contributed by atoms with van der Waals surface area (Å²) in [5, 5.41) is 37.2. The first-order valence-electron chi connectivity index (χ1n) is 17.6. The van der Waals surface area contributed by atoms with E-state index < -0.39 is 41.5 Å². The van der Waals surface area contributed by atoms with Crippen molar-refractivity contribution in [1.82, 2.24) is 5.32 Å². The Morgan fingerprint density at radius 2 is 1.87 bits per heavy atom. The van der Waals surface area contributed by atoms with Gasteiger partial charge in [-0.2, -0.15) is 0 Å². The molecule has 0 bridgehead atoms. The van der Waals surface area contributed by atoms with E-state index in [-0.39, 0.29) is 55.5 Å². The predicted molar refractivity (Wildman–Crippen MR) is 180 cm³/mol. The summed E-state index contributed by atoms with van der Waals surface area (Å²) in [6.07, 6.45) is 12.6. The maximum atomic E-state index is 12.9. The number of carbonyl (C=O) groups excluding carboxylic acids is 2. The third kappa shape index (κ3) is 11.5. The van der Waals surface area contributed by atoms with E-state index in [2.05, 4.69) is 19.2 Å². The first-order valence-corrected chi connectivity index (χ1v) is 17.6. The van der Waals surface area contributed by atoms with Crippen molar-refractivity contribution in [2.45, 2.75) is 166 Å². The Hall–Kier alpha value is -2.08. The third-order valence-electron chi connectivity index (χ3n) is 10.2. The molecule has 0 aromatic rings. The van der Waals surface area contributed by atoms with Crippen LogP contribution < -0.4 is 5.32 Å². The molecule has 268 valence electrons. The van der Waals surface area contributed by atoms with Gasteiger partial charge in [0.05, 0.1) is 36.4 Å². The molecule has 2 aliphatic heterocycles. The molecule has 3 rings (SSSR count). The van der Waals surface area contributed by atoms with Crippen LogP contribution in [0, 0.1) is 11.8 Å². The molecule has 3 aliphatic rings. The van der Waals surface area contributed by atoms with Crippen LogP contribution in [0.4, 0.5) is 0 Å². The largest absolute Gasteiger partial charge is 0.457 e. The number of carbonyl (C=O) groups is 2. The second-order valence-corrected chi connectivity index (χ2v) is 14.5. The summed E-state index contributed by atoms with van der Waals surface area (Å²) in [5.41, 5.74) is -1.96. The Morgan fingerprint density at radius 3 is 2.49 bits per heavy atom. The Labute approximate surface area is 282 Å². The lowest BCUT2D eigenvalue weighted by molar-refractivity contribution is -0.157. The number of esters is 2. The molecular formula is C37H61NO9. The molecule has 0 amide bonds. The average molecular weight is 664 g/mol. The van der Waals surface area contributed by atoms with Crippen molar-refractivity contribution in [2.75, 3.05) is 7.11 Å². The molecule has 2 heterocycles. The SMILES string of the molecule is CC[C@H](OC)[C@@H](C)[C@H]1O[C@@H]1C(NC1CCCCC1)C(C)(O)/C=C/C=C(\C)[C@@H]1OC(=O)C[C@H](O)CC[C@@](C)(O)[C@@H](OC(C)=O)/C=C/[C@@H]1C. The number of hydrogen-bond donors (Lipinski definition) is 4. The van der Waals surface area contributed by atoms with Gasteiger partial charge in [-0.05, 0) is 64.5 Å². The number of aliphatic hydroxyl groups excluding tert-OH is 1. The summed E-state index contributed by atoms with van der Waals surface area (Å²) < 4.78 is 23.2. The van der Waals surface area contributed by atoms with E-state index >= 15 is 0 Å². The third-order valence-corrected chi connectivity index (χ3v) is 10.2. The molecule has 1 aliphatic carbocycles. The van der Waals surface area contributed by atoms with Gasteiger partial charge in [0.2, 0.25) is 0 Å². The normalized spacial score (nSPS) is 35.5. The highest BCUT2D eigenvalue weighted by molar-refractivity contribution is 5.70. The number of allylic oxidation sites excluding steroid dienone is 2. The lowest BCUT2D eigenvalue weighted by atomic mass is 9.85. The smallest absolute Gasteiger partial charge is 0.309 e. The van der Waals surface area contributed by atoms with Gasteiger partial charge in [-0.15, -0.1) is 0 Å². The predicted octanol–water partition coefficient (Wildman–Crippen LogP) is 4.69. The summed E-state index contributed by atoms with van der Waals surface area (Å²) in [7, 11) is 1.73. The molecule has 10 heteroatoms. The highest BCUT2D eigenvalue weighted by Gasteiger charge is 2.54. The van der Waals surface area contributed by atoms with Crippen molar-refractivity contribution in [3.8, 4) is 0 Å². The van der Waals surface area contributed by atoms with Crippen molar-refractivity contribution in [1.29, 1.82) is 0 Å². The molecule has 0 aromatic carbocycles. The zero-order valence-corrected chi connectivity index (χ0v) is 29.8. The minimum absolute atomic E-state index is 0.0200. The fourth-order valence-electron chi connectivity index (χ4n) is 7.13. The van der Waals surface area contributed by atoms with Crippen LogP contribution in [0.2, 0.25) is 0 Å². The molecule has 0 spiro atoms. The van der Waals surface area contributed by atoms with Gasteiger partial charge in [-0.25, -0.2) is 0 Å². The van der Waals surface area contributed by atoms with E-state index in [0.717, 1.165) is 24.8 Å². The minimum atomic E-state index is -1.44. The van der Waals surface area contributed by atoms with Gasteiger partial charge in [0, 0.05) is 31.9 Å². The summed E-state index contributed by atoms with van der Waals surface area (Å²) in [5.74, 6) is -1.26. The maximum Gasteiger partial charge on any atom is 0.309 e. The molecule has 0 radical (unpaired) electrons. The fourth-order valence-corrected chi connectivity index (χ4v) is 7.13. The van der Waals surface area contributed by atoms with Crippen LogP contribution >= 0.6 is 0 Å². The number of epoxide rings is 1. The Kier molecular flexibility index (Phi) is 14.7. The molecule has 1 saturated carbocycles. The maximum absolute atomic E-state index is 12.9. The van der Waals surface area contributed by atoms with E-state index in [1.165, 1.54) is 26.2 Å². The van der Waals surface area contributed by atoms with Gasteiger partial charge in [-0.3, -0.25) is 9.59 Å². The Bertz CT molecular complexity index is 1110. The van der Waals surface area contributed by atoms with Crippen LogP contribution in [0.15, 0.2) is 36.0 Å². The number of nitrogens with one attached hydrogen (secondary N) is 1. The van der Waals surface area contributed by atoms with Gasteiger partial charge in [0.15, 0.2) is 0 Å². The number of hydrogen-bond acceptors (Lipinski definition) is 10. The quantitative estimate of drug-likeness (QED) is 0.100. The minimum Gasteiger partial charge on any atom is -0.457 e. The molecule has 2 unspecified atom stereocenters. The van der Waals surface area contributed by atoms with E-state index in [9.17, 15) is 24.9 Å². The van der Waals surface area contributed by atoms with Gasteiger partial charge >= 0.3 is 11.9 Å². The lowest BCUT2D eigenvalue weighted by Gasteiger charge is -2.35. The van der Waals surface area contributed by atoms with E-state index in [1.807, 2.05) is 19.9 Å². The van der Waals surface area contributed by atoms with Crippen LogP contribution in [0.25, 0.3) is 0 Å². The molecule has 47 heavy (non-hydrogen) atoms. The number of ether oxygens (including phenoxy) is 4. The van der Waals surface area contributed by atoms with Crippen molar-refractivity contribution >= 4 is 11.9 Å². The monoisotopic (exact) mass is 663 g/mol. The van der Waals surface area contributed by atoms with E-state index in [1.54, 1.807) is 45.3 Å². The summed E-state index contributed by atoms with van der Waals surface area (Å²) in [6, 6.07) is -0.0171. The van der Waals surface area contributed by atoms with Gasteiger partial charge in [0.1, 0.15) is 23.9 Å². The fraction of sp³-hybridized carbons (Fsp3) is 0.784. The zero-order valence-electron chi connectivity index (χ0n) is 29.8. The highest BCUT2D eigenvalue weighted by Crippen LogP contribution is 2.39. The molecule has 2 fully saturated rings. The summed E-state index contributed by atoms with van der Waals surface area (Å²) >= 11 is 0. The lowest BCUT2D eigenvalue weighted by Crippen LogP contribution is -2.55. The average Bonchev–Trinajstić information content (AvgIpc) is 3.80. The Morgan fingerprint density at radius 1 is 1.19 bits per heavy atom. The zero-order chi connectivity index (χ0) is 34.9. The van der Waals surface area contributed by atoms with Gasteiger partial charge in [0.25, 0.3) is 0 Å². The number of aliphatic hydroxyl groups is 3. The van der Waals surface area contributed by atoms with Crippen molar-refractivity contribution in [3.63, 3.8) is 0 Å². The standard InChI is InChI=1S/C37H61NO9/c1-9-29(44-8)25(4)33-34(47-33)35(38-27-15-11-10-12-16-27)37(7,43)20-13-14-23(2)32-24(3)17-18-30(45-26(5)39)36(6,42)21-19-28(40)22-31(41)46-32/h13-14,17-18,20,24-25,27-30,32-35,38,40,42-43H,9-12,15-16,19,21-22H2,1-8H3/b18-17+,20-13+,23-14+/t24-,25+,28+,29-,30-,32-,33+,34-,35?,36+,37?/m0/s1. The van der Waals surface area contributed by atoms with Crippen LogP contribution in [-0.2, 0) is 28.5 Å². The Balaban J connectivity index is 1.85. The number of methoxy groups -OCH3 is 1. The highest BCUT2D eigenvalue weighted by atomic mass is 16.6. The molecule has 4 N–H and O–H groups in total. The topological polar surface area (TPSA) is 147 Å². The molecular weight excluding hydrogens is 602 g/mol. The second-order valence-electron chi connectivity index (χ2n) is 14.5. The van der Waals surface area contributed by atoms with Crippen LogP contribution in [0.5, 0.6) is 0 Å². The van der Waals surface area contributed by atoms with Crippen LogP contribution in [0.3, 0.4) is 0 Å². The molecule has 1 saturated heterocycles. The first-order chi connectivity index (χ1) is 22.1.